The predicted molar refractivity (Wildman–Crippen MR) is 82.5 cm³/mol. The zero-order valence-corrected chi connectivity index (χ0v) is 12.3. The molecule has 4 heteroatoms. The number of allylic oxidation sites excluding steroid dienone is 6. The molecule has 2 aliphatic rings. The van der Waals surface area contributed by atoms with Crippen molar-refractivity contribution < 1.29 is 14.5 Å². The molecular weight excluding hydrogens is 266 g/mol. The minimum atomic E-state index is 0.185. The number of ketones is 1. The maximum Gasteiger partial charge on any atom is 0.193 e. The molecule has 0 aliphatic heterocycles. The summed E-state index contributed by atoms with van der Waals surface area (Å²) in [6, 6.07) is 9.72. The summed E-state index contributed by atoms with van der Waals surface area (Å²) in [5.41, 5.74) is 2.58. The molecule has 0 N–H and O–H groups in total. The van der Waals surface area contributed by atoms with Gasteiger partial charge in [-0.15, -0.1) is 5.23 Å². The Morgan fingerprint density at radius 1 is 0.905 bits per heavy atom. The van der Waals surface area contributed by atoms with Crippen LogP contribution in [0.5, 0.6) is 0 Å². The zero-order chi connectivity index (χ0) is 15.1. The first kappa shape index (κ1) is 15.2. The highest BCUT2D eigenvalue weighted by atomic mass is 16.9. The number of nitrogens with zero attached hydrogens (tertiary/aromatic N) is 1. The number of carbonyl (C=O) groups excluding carboxylic acids is 1. The van der Waals surface area contributed by atoms with Gasteiger partial charge in [-0.05, 0) is 26.0 Å². The minimum Gasteiger partial charge on any atom is -0.289 e. The molecule has 2 bridgehead atoms. The maximum absolute atomic E-state index is 10.8. The highest BCUT2D eigenvalue weighted by molar-refractivity contribution is 6.17. The van der Waals surface area contributed by atoms with Crippen molar-refractivity contribution in [2.75, 3.05) is 18.4 Å². The summed E-state index contributed by atoms with van der Waals surface area (Å²) in [6.45, 7) is 5.04. The first-order valence-corrected chi connectivity index (χ1v) is 7.02. The number of hydrogen-bond acceptors (Lipinski definition) is 4. The van der Waals surface area contributed by atoms with E-state index in [-0.39, 0.29) is 5.78 Å². The van der Waals surface area contributed by atoms with Crippen LogP contribution < -0.4 is 5.23 Å². The predicted octanol–water partition coefficient (Wildman–Crippen LogP) is 3.39. The van der Waals surface area contributed by atoms with Gasteiger partial charge >= 0.3 is 0 Å². The average Bonchev–Trinajstić information content (AvgIpc) is 3.06. The Hall–Kier alpha value is -2.17. The third kappa shape index (κ3) is 3.90. The van der Waals surface area contributed by atoms with Gasteiger partial charge in [0.1, 0.15) is 0 Å². The second-order valence-corrected chi connectivity index (χ2v) is 4.33. The lowest BCUT2D eigenvalue weighted by Crippen LogP contribution is -2.23. The molecule has 0 atom stereocenters. The van der Waals surface area contributed by atoms with Gasteiger partial charge in [-0.25, -0.2) is 9.68 Å². The molecule has 110 valence electrons. The van der Waals surface area contributed by atoms with Crippen LogP contribution in [0.15, 0.2) is 65.8 Å². The number of rotatable bonds is 5. The molecule has 4 nitrogen and oxygen atoms in total. The molecule has 0 amide bonds. The first-order chi connectivity index (χ1) is 10.3. The third-order valence-electron chi connectivity index (χ3n) is 2.87. The van der Waals surface area contributed by atoms with Crippen LogP contribution in [0.4, 0.5) is 5.69 Å². The lowest BCUT2D eigenvalue weighted by atomic mass is 10.2. The summed E-state index contributed by atoms with van der Waals surface area (Å²) in [5.74, 6) is 0.185. The molecular formula is C17H19NO3. The van der Waals surface area contributed by atoms with Gasteiger partial charge in [-0.1, -0.05) is 42.5 Å². The van der Waals surface area contributed by atoms with Crippen LogP contribution in [-0.4, -0.2) is 19.0 Å². The highest BCUT2D eigenvalue weighted by Crippen LogP contribution is 2.23. The standard InChI is InChI=1S/C10H15NO2.C7H4O/c1-3-12-11(13-4-2)10-8-6-5-7-9-10;8-7-5-1-2-6(7)4-3-5/h5-9H,3-4H2,1-2H3;1-4H. The SMILES string of the molecule is CCON(OCC)c1ccccc1.O=C1C2=CC=C1C=C2. The van der Waals surface area contributed by atoms with Crippen molar-refractivity contribution in [1.29, 1.82) is 0 Å². The Morgan fingerprint density at radius 2 is 1.43 bits per heavy atom. The molecule has 0 aromatic heterocycles. The molecule has 3 rings (SSSR count). The smallest absolute Gasteiger partial charge is 0.193 e. The lowest BCUT2D eigenvalue weighted by Gasteiger charge is -2.20. The number of hydrogen-bond donors (Lipinski definition) is 0. The van der Waals surface area contributed by atoms with Crippen molar-refractivity contribution >= 4 is 11.5 Å². The van der Waals surface area contributed by atoms with E-state index in [1.165, 1.54) is 5.23 Å². The van der Waals surface area contributed by atoms with E-state index in [4.69, 9.17) is 9.68 Å². The van der Waals surface area contributed by atoms with Crippen LogP contribution in [0, 0.1) is 0 Å². The largest absolute Gasteiger partial charge is 0.289 e. The molecule has 0 radical (unpaired) electrons. The molecule has 1 aromatic carbocycles. The number of Topliss-reactive ketones (excluding diaryl/α,β-unsaturated/α-hetero) is 1. The number of anilines is 1. The van der Waals surface area contributed by atoms with Gasteiger partial charge in [0.15, 0.2) is 5.78 Å². The van der Waals surface area contributed by atoms with E-state index in [9.17, 15) is 4.79 Å². The Bertz CT molecular complexity index is 543. The molecule has 2 aliphatic carbocycles. The molecule has 21 heavy (non-hydrogen) atoms. The maximum atomic E-state index is 10.8. The molecule has 0 unspecified atom stereocenters. The Balaban J connectivity index is 0.000000170. The number of para-hydroxylation sites is 1. The number of carbonyl (C=O) groups is 1. The number of fused-ring (bicyclic) bond motifs is 2. The van der Waals surface area contributed by atoms with Gasteiger partial charge < -0.3 is 0 Å². The van der Waals surface area contributed by atoms with Crippen molar-refractivity contribution in [1.82, 2.24) is 0 Å². The average molecular weight is 285 g/mol. The topological polar surface area (TPSA) is 38.8 Å². The van der Waals surface area contributed by atoms with Crippen LogP contribution in [0.3, 0.4) is 0 Å². The summed E-state index contributed by atoms with van der Waals surface area (Å²) < 4.78 is 0. The number of benzene rings is 1. The molecule has 0 saturated carbocycles. The first-order valence-electron chi connectivity index (χ1n) is 7.02. The van der Waals surface area contributed by atoms with Gasteiger partial charge in [-0.2, -0.15) is 0 Å². The highest BCUT2D eigenvalue weighted by Gasteiger charge is 2.19. The minimum absolute atomic E-state index is 0.185. The molecule has 0 saturated heterocycles. The molecule has 1 aromatic rings. The van der Waals surface area contributed by atoms with E-state index >= 15 is 0 Å². The van der Waals surface area contributed by atoms with Crippen molar-refractivity contribution in [2.24, 2.45) is 0 Å². The zero-order valence-electron chi connectivity index (χ0n) is 12.3. The van der Waals surface area contributed by atoms with Gasteiger partial charge in [0.2, 0.25) is 0 Å². The van der Waals surface area contributed by atoms with E-state index in [1.807, 2.05) is 68.5 Å². The van der Waals surface area contributed by atoms with Crippen LogP contribution in [0.1, 0.15) is 13.8 Å². The summed E-state index contributed by atoms with van der Waals surface area (Å²) in [6.07, 6.45) is 7.38. The summed E-state index contributed by atoms with van der Waals surface area (Å²) in [4.78, 5) is 21.3. The van der Waals surface area contributed by atoms with Gasteiger partial charge in [0.05, 0.1) is 18.9 Å². The van der Waals surface area contributed by atoms with Crippen molar-refractivity contribution in [2.45, 2.75) is 13.8 Å². The van der Waals surface area contributed by atoms with Crippen molar-refractivity contribution in [3.05, 3.63) is 65.8 Å². The molecule has 0 heterocycles. The van der Waals surface area contributed by atoms with Gasteiger partial charge in [0.25, 0.3) is 0 Å². The second-order valence-electron chi connectivity index (χ2n) is 4.33. The monoisotopic (exact) mass is 285 g/mol. The molecule has 0 spiro atoms. The fourth-order valence-electron chi connectivity index (χ4n) is 1.91. The van der Waals surface area contributed by atoms with E-state index < -0.39 is 0 Å². The van der Waals surface area contributed by atoms with E-state index in [2.05, 4.69) is 0 Å². The van der Waals surface area contributed by atoms with Crippen molar-refractivity contribution in [3.63, 3.8) is 0 Å². The lowest BCUT2D eigenvalue weighted by molar-refractivity contribution is -0.111. The Kier molecular flexibility index (Phi) is 5.49. The summed E-state index contributed by atoms with van der Waals surface area (Å²) in [5, 5.41) is 1.44. The van der Waals surface area contributed by atoms with Gasteiger partial charge in [0, 0.05) is 11.1 Å². The second kappa shape index (κ2) is 7.57. The Labute approximate surface area is 124 Å². The van der Waals surface area contributed by atoms with E-state index in [1.54, 1.807) is 0 Å². The van der Waals surface area contributed by atoms with Crippen LogP contribution in [0.25, 0.3) is 0 Å². The van der Waals surface area contributed by atoms with Crippen molar-refractivity contribution in [3.8, 4) is 0 Å². The normalized spacial score (nSPS) is 14.5. The summed E-state index contributed by atoms with van der Waals surface area (Å²) >= 11 is 0. The molecule has 0 fully saturated rings. The van der Waals surface area contributed by atoms with E-state index in [0.717, 1.165) is 16.8 Å². The fourth-order valence-corrected chi connectivity index (χ4v) is 1.91. The van der Waals surface area contributed by atoms with Gasteiger partial charge in [-0.3, -0.25) is 4.79 Å². The summed E-state index contributed by atoms with van der Waals surface area (Å²) in [7, 11) is 0. The fraction of sp³-hybridized carbons (Fsp3) is 0.235. The van der Waals surface area contributed by atoms with E-state index in [0.29, 0.717) is 13.2 Å². The third-order valence-corrected chi connectivity index (χ3v) is 2.87. The Morgan fingerprint density at radius 3 is 1.76 bits per heavy atom. The van der Waals surface area contributed by atoms with Crippen LogP contribution in [0.2, 0.25) is 0 Å². The van der Waals surface area contributed by atoms with Crippen LogP contribution >= 0.6 is 0 Å². The quantitative estimate of drug-likeness (QED) is 0.777. The van der Waals surface area contributed by atoms with Crippen LogP contribution in [-0.2, 0) is 14.5 Å².